The summed E-state index contributed by atoms with van der Waals surface area (Å²) in [6, 6.07) is 19.4. The van der Waals surface area contributed by atoms with Gasteiger partial charge >= 0.3 is 0 Å². The molecule has 0 aliphatic heterocycles. The van der Waals surface area contributed by atoms with Crippen LogP contribution in [0.4, 0.5) is 11.5 Å². The van der Waals surface area contributed by atoms with Crippen molar-refractivity contribution >= 4 is 43.7 Å². The molecule has 0 fully saturated rings. The maximum Gasteiger partial charge on any atom is 0.229 e. The van der Waals surface area contributed by atoms with Crippen LogP contribution >= 0.6 is 0 Å². The summed E-state index contributed by atoms with van der Waals surface area (Å²) in [6.07, 6.45) is 0. The number of carbonyl (C=O) groups excluding carboxylic acids is 1. The SMILES string of the molecule is CC(=O)c1ccc(Nc2nc3c(S(=O)(=O)c4ccc(C)c(C)c4)nnn3c3ccccc23)cc1. The minimum absolute atomic E-state index is 0.0249. The smallest absolute Gasteiger partial charge is 0.229 e. The van der Waals surface area contributed by atoms with Crippen LogP contribution in [0.25, 0.3) is 16.6 Å². The number of nitrogens with zero attached hydrogens (tertiary/aromatic N) is 4. The van der Waals surface area contributed by atoms with Gasteiger partial charge in [-0.25, -0.2) is 13.4 Å². The lowest BCUT2D eigenvalue weighted by molar-refractivity contribution is 0.101. The molecule has 170 valence electrons. The van der Waals surface area contributed by atoms with E-state index in [0.29, 0.717) is 22.6 Å². The van der Waals surface area contributed by atoms with Crippen LogP contribution in [0.3, 0.4) is 0 Å². The van der Waals surface area contributed by atoms with Gasteiger partial charge in [0.25, 0.3) is 0 Å². The van der Waals surface area contributed by atoms with E-state index in [4.69, 9.17) is 0 Å². The van der Waals surface area contributed by atoms with Gasteiger partial charge in [0.1, 0.15) is 5.82 Å². The molecule has 0 saturated heterocycles. The Hall–Kier alpha value is -4.11. The van der Waals surface area contributed by atoms with Crippen molar-refractivity contribution in [3.8, 4) is 0 Å². The molecule has 0 saturated carbocycles. The number of aryl methyl sites for hydroxylation is 2. The van der Waals surface area contributed by atoms with Gasteiger partial charge in [0.2, 0.25) is 14.9 Å². The van der Waals surface area contributed by atoms with E-state index in [2.05, 4.69) is 20.6 Å². The van der Waals surface area contributed by atoms with Crippen molar-refractivity contribution in [2.24, 2.45) is 0 Å². The second-order valence-corrected chi connectivity index (χ2v) is 9.98. The number of aromatic nitrogens is 4. The maximum absolute atomic E-state index is 13.5. The molecule has 5 rings (SSSR count). The van der Waals surface area contributed by atoms with E-state index in [1.807, 2.05) is 38.1 Å². The van der Waals surface area contributed by atoms with Crippen LogP contribution in [-0.4, -0.2) is 34.0 Å². The maximum atomic E-state index is 13.5. The number of ketones is 1. The molecule has 0 unspecified atom stereocenters. The van der Waals surface area contributed by atoms with Crippen molar-refractivity contribution in [3.05, 3.63) is 83.4 Å². The van der Waals surface area contributed by atoms with E-state index in [0.717, 1.165) is 16.5 Å². The van der Waals surface area contributed by atoms with Gasteiger partial charge in [-0.15, -0.1) is 5.10 Å². The fourth-order valence-corrected chi connectivity index (χ4v) is 5.05. The first-order valence-electron chi connectivity index (χ1n) is 10.6. The third kappa shape index (κ3) is 3.60. The Morgan fingerprint density at radius 3 is 2.38 bits per heavy atom. The number of para-hydroxylation sites is 1. The Labute approximate surface area is 196 Å². The van der Waals surface area contributed by atoms with Crippen LogP contribution in [0.1, 0.15) is 28.4 Å². The first-order chi connectivity index (χ1) is 16.3. The average Bonchev–Trinajstić information content (AvgIpc) is 3.26. The molecule has 8 nitrogen and oxygen atoms in total. The Morgan fingerprint density at radius 2 is 1.68 bits per heavy atom. The van der Waals surface area contributed by atoms with E-state index in [9.17, 15) is 13.2 Å². The van der Waals surface area contributed by atoms with E-state index in [-0.39, 0.29) is 21.4 Å². The first-order valence-corrected chi connectivity index (χ1v) is 12.1. The van der Waals surface area contributed by atoms with Crippen molar-refractivity contribution in [2.45, 2.75) is 30.7 Å². The molecule has 34 heavy (non-hydrogen) atoms. The molecule has 0 aliphatic carbocycles. The van der Waals surface area contributed by atoms with Gasteiger partial charge in [-0.2, -0.15) is 4.52 Å². The molecule has 0 bridgehead atoms. The monoisotopic (exact) mass is 471 g/mol. The number of rotatable bonds is 5. The molecular formula is C25H21N5O3S. The summed E-state index contributed by atoms with van der Waals surface area (Å²) in [5, 5.41) is 11.9. The Balaban J connectivity index is 1.68. The third-order valence-electron chi connectivity index (χ3n) is 5.82. The van der Waals surface area contributed by atoms with Crippen LogP contribution in [0, 0.1) is 13.8 Å². The molecule has 0 radical (unpaired) electrons. The number of sulfone groups is 1. The fourth-order valence-electron chi connectivity index (χ4n) is 3.73. The van der Waals surface area contributed by atoms with Crippen LogP contribution < -0.4 is 5.32 Å². The predicted molar refractivity (Wildman–Crippen MR) is 129 cm³/mol. The van der Waals surface area contributed by atoms with E-state index in [1.54, 1.807) is 42.5 Å². The van der Waals surface area contributed by atoms with Crippen LogP contribution in [0.2, 0.25) is 0 Å². The topological polar surface area (TPSA) is 106 Å². The molecule has 9 heteroatoms. The molecule has 1 N–H and O–H groups in total. The Bertz CT molecular complexity index is 1690. The molecule has 2 heterocycles. The minimum Gasteiger partial charge on any atom is -0.340 e. The first kappa shape index (κ1) is 21.7. The van der Waals surface area contributed by atoms with Crippen molar-refractivity contribution in [2.75, 3.05) is 5.32 Å². The number of anilines is 2. The zero-order chi connectivity index (χ0) is 24.0. The van der Waals surface area contributed by atoms with Gasteiger partial charge in [0.15, 0.2) is 11.4 Å². The molecular weight excluding hydrogens is 450 g/mol. The minimum atomic E-state index is -3.96. The van der Waals surface area contributed by atoms with Gasteiger partial charge in [0, 0.05) is 16.6 Å². The number of benzene rings is 3. The number of nitrogens with one attached hydrogen (secondary N) is 1. The van der Waals surface area contributed by atoms with Gasteiger partial charge in [-0.05, 0) is 80.4 Å². The molecule has 0 amide bonds. The lowest BCUT2D eigenvalue weighted by Crippen LogP contribution is -2.06. The molecule has 2 aromatic heterocycles. The quantitative estimate of drug-likeness (QED) is 0.371. The van der Waals surface area contributed by atoms with Gasteiger partial charge in [-0.1, -0.05) is 23.4 Å². The third-order valence-corrected chi connectivity index (χ3v) is 7.47. The molecule has 5 aromatic rings. The highest BCUT2D eigenvalue weighted by atomic mass is 32.2. The summed E-state index contributed by atoms with van der Waals surface area (Å²) < 4.78 is 28.4. The van der Waals surface area contributed by atoms with Crippen molar-refractivity contribution in [3.63, 3.8) is 0 Å². The Morgan fingerprint density at radius 1 is 0.941 bits per heavy atom. The van der Waals surface area contributed by atoms with Crippen LogP contribution in [0.5, 0.6) is 0 Å². The summed E-state index contributed by atoms with van der Waals surface area (Å²) in [5.74, 6) is 0.431. The molecule has 0 atom stereocenters. The summed E-state index contributed by atoms with van der Waals surface area (Å²) in [7, 11) is -3.96. The van der Waals surface area contributed by atoms with Crippen molar-refractivity contribution in [1.82, 2.24) is 19.8 Å². The van der Waals surface area contributed by atoms with E-state index in [1.165, 1.54) is 11.4 Å². The lowest BCUT2D eigenvalue weighted by atomic mass is 10.1. The summed E-state index contributed by atoms with van der Waals surface area (Å²) in [4.78, 5) is 16.4. The predicted octanol–water partition coefficient (Wildman–Crippen LogP) is 4.67. The van der Waals surface area contributed by atoms with Crippen LogP contribution in [0.15, 0.2) is 76.7 Å². The molecule has 3 aromatic carbocycles. The number of fused-ring (bicyclic) bond motifs is 3. The largest absolute Gasteiger partial charge is 0.340 e. The highest BCUT2D eigenvalue weighted by Gasteiger charge is 2.27. The van der Waals surface area contributed by atoms with Gasteiger partial charge < -0.3 is 5.32 Å². The second-order valence-electron chi connectivity index (χ2n) is 8.12. The zero-order valence-electron chi connectivity index (χ0n) is 18.8. The van der Waals surface area contributed by atoms with Gasteiger partial charge in [0.05, 0.1) is 10.4 Å². The fraction of sp³-hybridized carbons (Fsp3) is 0.120. The van der Waals surface area contributed by atoms with Crippen LogP contribution in [-0.2, 0) is 9.84 Å². The van der Waals surface area contributed by atoms with E-state index >= 15 is 0 Å². The summed E-state index contributed by atoms with van der Waals surface area (Å²) in [5.41, 5.74) is 3.95. The summed E-state index contributed by atoms with van der Waals surface area (Å²) in [6.45, 7) is 5.30. The van der Waals surface area contributed by atoms with Crippen molar-refractivity contribution in [1.29, 1.82) is 0 Å². The van der Waals surface area contributed by atoms with Crippen molar-refractivity contribution < 1.29 is 13.2 Å². The standard InChI is InChI=1S/C25H21N5O3S/c1-15-8-13-20(14-16(15)2)34(32,33)25-24-27-23(26-19-11-9-18(10-12-19)17(3)31)21-6-4-5-7-22(21)30(24)29-28-25/h4-14H,1-3H3,(H,26,27). The number of hydrogen-bond acceptors (Lipinski definition) is 7. The van der Waals surface area contributed by atoms with E-state index < -0.39 is 9.84 Å². The highest BCUT2D eigenvalue weighted by Crippen LogP contribution is 2.30. The Kier molecular flexibility index (Phi) is 5.13. The molecule has 0 spiro atoms. The zero-order valence-corrected chi connectivity index (χ0v) is 19.6. The average molecular weight is 472 g/mol. The summed E-state index contributed by atoms with van der Waals surface area (Å²) >= 11 is 0. The van der Waals surface area contributed by atoms with Gasteiger partial charge in [-0.3, -0.25) is 4.79 Å². The highest BCUT2D eigenvalue weighted by molar-refractivity contribution is 7.91. The number of carbonyl (C=O) groups is 1. The lowest BCUT2D eigenvalue weighted by Gasteiger charge is -2.11. The number of Topliss-reactive ketones (excluding diaryl/α,β-unsaturated/α-hetero) is 1. The normalized spacial score (nSPS) is 11.7. The second kappa shape index (κ2) is 8.03. The number of hydrogen-bond donors (Lipinski definition) is 1. The molecule has 0 aliphatic rings.